The fourth-order valence-corrected chi connectivity index (χ4v) is 4.23. The molecule has 5 nitrogen and oxygen atoms in total. The Morgan fingerprint density at radius 1 is 1.22 bits per heavy atom. The van der Waals surface area contributed by atoms with E-state index in [2.05, 4.69) is 24.1 Å². The quantitative estimate of drug-likeness (QED) is 0.782. The molecule has 3 rings (SSSR count). The summed E-state index contributed by atoms with van der Waals surface area (Å²) in [5, 5.41) is 5.44. The summed E-state index contributed by atoms with van der Waals surface area (Å²) in [6.45, 7) is 6.14. The van der Waals surface area contributed by atoms with E-state index in [9.17, 15) is 9.59 Å². The number of amides is 1. The summed E-state index contributed by atoms with van der Waals surface area (Å²) in [6, 6.07) is 8.12. The van der Waals surface area contributed by atoms with Crippen molar-refractivity contribution in [3.05, 3.63) is 40.9 Å². The summed E-state index contributed by atoms with van der Waals surface area (Å²) in [6.07, 6.45) is 3.31. The van der Waals surface area contributed by atoms with Gasteiger partial charge in [0.1, 0.15) is 5.01 Å². The maximum atomic E-state index is 12.2. The van der Waals surface area contributed by atoms with Gasteiger partial charge in [-0.05, 0) is 25.2 Å². The van der Waals surface area contributed by atoms with Crippen LogP contribution >= 0.6 is 11.3 Å². The zero-order valence-corrected chi connectivity index (χ0v) is 16.8. The molecule has 144 valence electrons. The molecule has 27 heavy (non-hydrogen) atoms. The Labute approximate surface area is 164 Å². The maximum Gasteiger partial charge on any atom is 0.358 e. The highest BCUT2D eigenvalue weighted by Crippen LogP contribution is 2.29. The van der Waals surface area contributed by atoms with Gasteiger partial charge in [-0.25, -0.2) is 9.78 Å². The van der Waals surface area contributed by atoms with Gasteiger partial charge in [0.15, 0.2) is 12.3 Å². The lowest BCUT2D eigenvalue weighted by Crippen LogP contribution is -2.45. The molecule has 6 heteroatoms. The van der Waals surface area contributed by atoms with E-state index in [4.69, 9.17) is 4.74 Å². The largest absolute Gasteiger partial charge is 0.451 e. The minimum Gasteiger partial charge on any atom is -0.451 e. The van der Waals surface area contributed by atoms with Gasteiger partial charge >= 0.3 is 5.97 Å². The van der Waals surface area contributed by atoms with E-state index in [1.165, 1.54) is 23.3 Å². The van der Waals surface area contributed by atoms with Crippen LogP contribution in [0.4, 0.5) is 0 Å². The molecule has 1 aromatic carbocycles. The van der Waals surface area contributed by atoms with Crippen LogP contribution in [0.2, 0.25) is 0 Å². The first-order chi connectivity index (χ1) is 12.9. The summed E-state index contributed by atoms with van der Waals surface area (Å²) in [5.74, 6) is 0.226. The predicted molar refractivity (Wildman–Crippen MR) is 107 cm³/mol. The van der Waals surface area contributed by atoms with E-state index in [-0.39, 0.29) is 24.2 Å². The van der Waals surface area contributed by atoms with Crippen molar-refractivity contribution in [2.75, 3.05) is 6.61 Å². The number of nitrogens with one attached hydrogen (secondary N) is 1. The van der Waals surface area contributed by atoms with E-state index >= 15 is 0 Å². The fourth-order valence-electron chi connectivity index (χ4n) is 3.44. The van der Waals surface area contributed by atoms with Gasteiger partial charge in [0.2, 0.25) is 0 Å². The van der Waals surface area contributed by atoms with Crippen molar-refractivity contribution in [2.45, 2.75) is 46.1 Å². The number of hydrogen-bond acceptors (Lipinski definition) is 5. The second kappa shape index (κ2) is 8.65. The molecule has 1 aromatic heterocycles. The molecule has 0 saturated heterocycles. The molecule has 0 unspecified atom stereocenters. The van der Waals surface area contributed by atoms with Crippen LogP contribution in [0.25, 0.3) is 10.6 Å². The molecule has 1 saturated carbocycles. The van der Waals surface area contributed by atoms with Gasteiger partial charge in [-0.15, -0.1) is 11.3 Å². The Bertz CT molecular complexity index is 800. The Morgan fingerprint density at radius 2 is 1.96 bits per heavy atom. The minimum absolute atomic E-state index is 0.160. The van der Waals surface area contributed by atoms with Crippen molar-refractivity contribution in [1.82, 2.24) is 10.3 Å². The molecule has 0 radical (unpaired) electrons. The van der Waals surface area contributed by atoms with Gasteiger partial charge in [-0.2, -0.15) is 0 Å². The molecule has 0 bridgehead atoms. The van der Waals surface area contributed by atoms with E-state index in [1.807, 2.05) is 31.2 Å². The predicted octanol–water partition coefficient (Wildman–Crippen LogP) is 4.22. The Hall–Kier alpha value is -2.21. The number of hydrogen-bond donors (Lipinski definition) is 1. The standard InChI is InChI=1S/C21H26N2O3S/c1-13-7-9-16(10-8-13)20-23-18(12-27-20)21(25)26-11-19(24)22-17-6-4-5-14(2)15(17)3/h7-10,12,14-15,17H,4-6,11H2,1-3H3,(H,22,24)/t14-,15+,17+/m1/s1. The second-order valence-electron chi connectivity index (χ2n) is 7.42. The van der Waals surface area contributed by atoms with Gasteiger partial charge in [0, 0.05) is 17.0 Å². The van der Waals surface area contributed by atoms with Crippen LogP contribution < -0.4 is 5.32 Å². The number of rotatable bonds is 5. The molecule has 1 aliphatic rings. The van der Waals surface area contributed by atoms with Crippen molar-refractivity contribution in [3.8, 4) is 10.6 Å². The lowest BCUT2D eigenvalue weighted by Gasteiger charge is -2.34. The molecule has 1 fully saturated rings. The molecule has 1 amide bonds. The first-order valence-corrected chi connectivity index (χ1v) is 10.3. The SMILES string of the molecule is Cc1ccc(-c2nc(C(=O)OCC(=O)N[C@H]3CCC[C@@H](C)[C@@H]3C)cs2)cc1. The number of carbonyl (C=O) groups is 2. The number of aromatic nitrogens is 1. The number of benzene rings is 1. The molecule has 1 aliphatic carbocycles. The summed E-state index contributed by atoms with van der Waals surface area (Å²) in [5.41, 5.74) is 2.37. The smallest absolute Gasteiger partial charge is 0.358 e. The molecule has 3 atom stereocenters. The first-order valence-electron chi connectivity index (χ1n) is 9.43. The molecular formula is C21H26N2O3S. The third-order valence-electron chi connectivity index (χ3n) is 5.40. The highest BCUT2D eigenvalue weighted by Gasteiger charge is 2.28. The second-order valence-corrected chi connectivity index (χ2v) is 8.28. The zero-order chi connectivity index (χ0) is 19.4. The summed E-state index contributed by atoms with van der Waals surface area (Å²) in [4.78, 5) is 28.7. The van der Waals surface area contributed by atoms with Gasteiger partial charge in [0.25, 0.3) is 5.91 Å². The zero-order valence-electron chi connectivity index (χ0n) is 16.0. The Morgan fingerprint density at radius 3 is 2.70 bits per heavy atom. The molecule has 0 spiro atoms. The average molecular weight is 387 g/mol. The van der Waals surface area contributed by atoms with Crippen molar-refractivity contribution in [3.63, 3.8) is 0 Å². The fraction of sp³-hybridized carbons (Fsp3) is 0.476. The van der Waals surface area contributed by atoms with Crippen LogP contribution in [-0.4, -0.2) is 29.5 Å². The normalized spacial score (nSPS) is 22.3. The topological polar surface area (TPSA) is 68.3 Å². The van der Waals surface area contributed by atoms with Crippen LogP contribution in [0.15, 0.2) is 29.6 Å². The molecular weight excluding hydrogens is 360 g/mol. The molecule has 1 N–H and O–H groups in total. The van der Waals surface area contributed by atoms with Gasteiger partial charge < -0.3 is 10.1 Å². The Kier molecular flexibility index (Phi) is 6.26. The van der Waals surface area contributed by atoms with Gasteiger partial charge in [-0.1, -0.05) is 56.5 Å². The average Bonchev–Trinajstić information content (AvgIpc) is 3.14. The van der Waals surface area contributed by atoms with Gasteiger partial charge in [-0.3, -0.25) is 4.79 Å². The number of esters is 1. The monoisotopic (exact) mass is 386 g/mol. The van der Waals surface area contributed by atoms with Crippen molar-refractivity contribution in [1.29, 1.82) is 0 Å². The lowest BCUT2D eigenvalue weighted by atomic mass is 9.78. The van der Waals surface area contributed by atoms with E-state index in [0.717, 1.165) is 23.4 Å². The van der Waals surface area contributed by atoms with E-state index in [0.29, 0.717) is 11.8 Å². The number of aryl methyl sites for hydroxylation is 1. The van der Waals surface area contributed by atoms with Crippen molar-refractivity contribution < 1.29 is 14.3 Å². The maximum absolute atomic E-state index is 12.2. The summed E-state index contributed by atoms with van der Waals surface area (Å²) in [7, 11) is 0. The summed E-state index contributed by atoms with van der Waals surface area (Å²) < 4.78 is 5.16. The number of nitrogens with zero attached hydrogens (tertiary/aromatic N) is 1. The highest BCUT2D eigenvalue weighted by atomic mass is 32.1. The molecule has 1 heterocycles. The molecule has 0 aliphatic heterocycles. The van der Waals surface area contributed by atoms with Gasteiger partial charge in [0.05, 0.1) is 0 Å². The van der Waals surface area contributed by atoms with E-state index < -0.39 is 5.97 Å². The van der Waals surface area contributed by atoms with Crippen molar-refractivity contribution in [2.24, 2.45) is 11.8 Å². The number of ether oxygens (including phenoxy) is 1. The number of carbonyl (C=O) groups excluding carboxylic acids is 2. The minimum atomic E-state index is -0.565. The Balaban J connectivity index is 1.52. The third-order valence-corrected chi connectivity index (χ3v) is 6.29. The van der Waals surface area contributed by atoms with E-state index in [1.54, 1.807) is 5.38 Å². The highest BCUT2D eigenvalue weighted by molar-refractivity contribution is 7.13. The van der Waals surface area contributed by atoms with Crippen LogP contribution in [0.1, 0.15) is 49.2 Å². The third kappa shape index (κ3) is 4.95. The van der Waals surface area contributed by atoms with Crippen LogP contribution in [0.3, 0.4) is 0 Å². The summed E-state index contributed by atoms with van der Waals surface area (Å²) >= 11 is 1.39. The first kappa shape index (κ1) is 19.5. The van der Waals surface area contributed by atoms with Crippen LogP contribution in [0, 0.1) is 18.8 Å². The van der Waals surface area contributed by atoms with Crippen molar-refractivity contribution >= 4 is 23.2 Å². The lowest BCUT2D eigenvalue weighted by molar-refractivity contribution is -0.125. The number of thiazole rings is 1. The van der Waals surface area contributed by atoms with Crippen LogP contribution in [0.5, 0.6) is 0 Å². The van der Waals surface area contributed by atoms with Crippen LogP contribution in [-0.2, 0) is 9.53 Å². The molecule has 2 aromatic rings.